The second kappa shape index (κ2) is 4.16. The number of nitrogens with zero attached hydrogens (tertiary/aromatic N) is 1. The zero-order chi connectivity index (χ0) is 13.5. The summed E-state index contributed by atoms with van der Waals surface area (Å²) in [6, 6.07) is 6.10. The summed E-state index contributed by atoms with van der Waals surface area (Å²) in [5.41, 5.74) is 9.16. The molecule has 2 rings (SSSR count). The van der Waals surface area contributed by atoms with E-state index in [0.29, 0.717) is 5.82 Å². The first kappa shape index (κ1) is 12.7. The maximum absolute atomic E-state index is 6.07. The summed E-state index contributed by atoms with van der Waals surface area (Å²) in [5.74, 6) is 1.47. The molecular weight excluding hydrogens is 224 g/mol. The van der Waals surface area contributed by atoms with E-state index in [2.05, 4.69) is 31.8 Å². The molecule has 0 atom stereocenters. The predicted molar refractivity (Wildman–Crippen MR) is 76.1 cm³/mol. The highest BCUT2D eigenvalue weighted by atomic mass is 16.5. The first-order valence-corrected chi connectivity index (χ1v) is 6.08. The summed E-state index contributed by atoms with van der Waals surface area (Å²) < 4.78 is 5.30. The Bertz CT molecular complexity index is 597. The Morgan fingerprint density at radius 1 is 1.17 bits per heavy atom. The lowest BCUT2D eigenvalue weighted by molar-refractivity contribution is 0.415. The molecule has 0 saturated carbocycles. The number of aryl methyl sites for hydroxylation is 1. The molecule has 3 nitrogen and oxygen atoms in total. The number of hydrogen-bond donors (Lipinski definition) is 1. The number of methoxy groups -OCH3 is 1. The number of nitrogens with two attached hydrogens (primary N) is 1. The van der Waals surface area contributed by atoms with Crippen molar-refractivity contribution in [1.29, 1.82) is 0 Å². The van der Waals surface area contributed by atoms with Gasteiger partial charge in [-0.05, 0) is 36.1 Å². The van der Waals surface area contributed by atoms with Crippen molar-refractivity contribution in [3.8, 4) is 5.75 Å². The van der Waals surface area contributed by atoms with Crippen LogP contribution in [0.4, 0.5) is 5.82 Å². The zero-order valence-electron chi connectivity index (χ0n) is 11.7. The van der Waals surface area contributed by atoms with Crippen LogP contribution in [-0.4, -0.2) is 12.1 Å². The minimum absolute atomic E-state index is 0.0117. The Morgan fingerprint density at radius 2 is 1.83 bits per heavy atom. The van der Waals surface area contributed by atoms with Gasteiger partial charge < -0.3 is 10.5 Å². The van der Waals surface area contributed by atoms with Crippen LogP contribution in [0.3, 0.4) is 0 Å². The zero-order valence-corrected chi connectivity index (χ0v) is 11.7. The second-order valence-corrected chi connectivity index (χ2v) is 5.69. The highest BCUT2D eigenvalue weighted by Gasteiger charge is 2.19. The van der Waals surface area contributed by atoms with Crippen molar-refractivity contribution in [2.24, 2.45) is 0 Å². The molecule has 0 unspecified atom stereocenters. The molecule has 0 spiro atoms. The van der Waals surface area contributed by atoms with E-state index in [0.717, 1.165) is 27.8 Å². The number of benzene rings is 1. The summed E-state index contributed by atoms with van der Waals surface area (Å²) in [6.07, 6.45) is 0. The molecule has 96 valence electrons. The molecule has 1 aromatic carbocycles. The summed E-state index contributed by atoms with van der Waals surface area (Å²) in [7, 11) is 1.68. The molecule has 0 amide bonds. The van der Waals surface area contributed by atoms with Crippen LogP contribution < -0.4 is 10.5 Å². The first-order chi connectivity index (χ1) is 8.32. The maximum atomic E-state index is 6.07. The third-order valence-corrected chi connectivity index (χ3v) is 3.16. The van der Waals surface area contributed by atoms with Crippen molar-refractivity contribution in [3.05, 3.63) is 29.3 Å². The number of aromatic nitrogens is 1. The van der Waals surface area contributed by atoms with Crippen molar-refractivity contribution >= 4 is 16.7 Å². The van der Waals surface area contributed by atoms with Gasteiger partial charge in [0.15, 0.2) is 0 Å². The van der Waals surface area contributed by atoms with E-state index in [-0.39, 0.29) is 5.41 Å². The summed E-state index contributed by atoms with van der Waals surface area (Å²) in [4.78, 5) is 4.54. The van der Waals surface area contributed by atoms with Gasteiger partial charge in [0.25, 0.3) is 0 Å². The average Bonchev–Trinajstić information content (AvgIpc) is 2.27. The Balaban J connectivity index is 2.77. The first-order valence-electron chi connectivity index (χ1n) is 6.08. The third-order valence-electron chi connectivity index (χ3n) is 3.16. The van der Waals surface area contributed by atoms with E-state index in [1.165, 1.54) is 0 Å². The van der Waals surface area contributed by atoms with E-state index >= 15 is 0 Å². The highest BCUT2D eigenvalue weighted by Crippen LogP contribution is 2.32. The topological polar surface area (TPSA) is 48.1 Å². The molecule has 18 heavy (non-hydrogen) atoms. The monoisotopic (exact) mass is 244 g/mol. The van der Waals surface area contributed by atoms with Gasteiger partial charge in [0.1, 0.15) is 11.6 Å². The summed E-state index contributed by atoms with van der Waals surface area (Å²) >= 11 is 0. The van der Waals surface area contributed by atoms with Crippen molar-refractivity contribution in [3.63, 3.8) is 0 Å². The number of hydrogen-bond acceptors (Lipinski definition) is 3. The van der Waals surface area contributed by atoms with Gasteiger partial charge in [0, 0.05) is 10.9 Å². The fourth-order valence-corrected chi connectivity index (χ4v) is 2.16. The molecule has 0 aliphatic carbocycles. The Kier molecular flexibility index (Phi) is 2.93. The molecule has 2 N–H and O–H groups in total. The standard InChI is InChI=1S/C15H20N2O/c1-9-6-11(18-5)7-10-8-12(15(2,3)4)14(16)17-13(9)10/h6-8H,1-5H3,(H2,16,17). The summed E-state index contributed by atoms with van der Waals surface area (Å²) in [5, 5.41) is 1.07. The molecule has 0 radical (unpaired) electrons. The molecule has 0 aliphatic rings. The minimum Gasteiger partial charge on any atom is -0.497 e. The molecule has 2 aromatic rings. The van der Waals surface area contributed by atoms with Crippen molar-refractivity contribution in [2.75, 3.05) is 12.8 Å². The van der Waals surface area contributed by atoms with Crippen LogP contribution in [-0.2, 0) is 5.41 Å². The molecule has 1 aromatic heterocycles. The largest absolute Gasteiger partial charge is 0.497 e. The van der Waals surface area contributed by atoms with Crippen LogP contribution in [0.1, 0.15) is 31.9 Å². The second-order valence-electron chi connectivity index (χ2n) is 5.69. The lowest BCUT2D eigenvalue weighted by atomic mass is 9.86. The molecule has 0 bridgehead atoms. The van der Waals surface area contributed by atoms with Gasteiger partial charge >= 0.3 is 0 Å². The van der Waals surface area contributed by atoms with Crippen molar-refractivity contribution in [1.82, 2.24) is 4.98 Å². The fraction of sp³-hybridized carbons (Fsp3) is 0.400. The Labute approximate surface area is 108 Å². The van der Waals surface area contributed by atoms with Crippen molar-refractivity contribution in [2.45, 2.75) is 33.1 Å². The van der Waals surface area contributed by atoms with E-state index in [1.807, 2.05) is 19.1 Å². The molecule has 3 heteroatoms. The van der Waals surface area contributed by atoms with E-state index in [4.69, 9.17) is 10.5 Å². The van der Waals surface area contributed by atoms with Crippen LogP contribution in [0.2, 0.25) is 0 Å². The molecule has 0 aliphatic heterocycles. The number of fused-ring (bicyclic) bond motifs is 1. The van der Waals surface area contributed by atoms with Gasteiger partial charge in [-0.2, -0.15) is 0 Å². The van der Waals surface area contributed by atoms with Gasteiger partial charge in [0.05, 0.1) is 12.6 Å². The van der Waals surface area contributed by atoms with Gasteiger partial charge in [-0.15, -0.1) is 0 Å². The number of pyridine rings is 1. The molecule has 0 saturated heterocycles. The van der Waals surface area contributed by atoms with Gasteiger partial charge in [-0.1, -0.05) is 20.8 Å². The molecule has 0 fully saturated rings. The van der Waals surface area contributed by atoms with Crippen LogP contribution in [0.15, 0.2) is 18.2 Å². The normalized spacial score (nSPS) is 11.8. The smallest absolute Gasteiger partial charge is 0.127 e. The van der Waals surface area contributed by atoms with Crippen LogP contribution >= 0.6 is 0 Å². The van der Waals surface area contributed by atoms with E-state index in [9.17, 15) is 0 Å². The SMILES string of the molecule is COc1cc(C)c2nc(N)c(C(C)(C)C)cc2c1. The third kappa shape index (κ3) is 2.13. The number of ether oxygens (including phenoxy) is 1. The predicted octanol–water partition coefficient (Wildman–Crippen LogP) is 3.43. The highest BCUT2D eigenvalue weighted by molar-refractivity contribution is 5.86. The molecular formula is C15H20N2O. The van der Waals surface area contributed by atoms with Crippen LogP contribution in [0.25, 0.3) is 10.9 Å². The van der Waals surface area contributed by atoms with Gasteiger partial charge in [-0.3, -0.25) is 0 Å². The lowest BCUT2D eigenvalue weighted by Gasteiger charge is -2.21. The fourth-order valence-electron chi connectivity index (χ4n) is 2.16. The van der Waals surface area contributed by atoms with Crippen LogP contribution in [0, 0.1) is 6.92 Å². The maximum Gasteiger partial charge on any atom is 0.127 e. The Morgan fingerprint density at radius 3 is 2.39 bits per heavy atom. The number of rotatable bonds is 1. The van der Waals surface area contributed by atoms with Crippen molar-refractivity contribution < 1.29 is 4.74 Å². The minimum atomic E-state index is -0.0117. The quantitative estimate of drug-likeness (QED) is 0.836. The Hall–Kier alpha value is -1.77. The van der Waals surface area contributed by atoms with Gasteiger partial charge in [0.2, 0.25) is 0 Å². The number of anilines is 1. The molecule has 1 heterocycles. The summed E-state index contributed by atoms with van der Waals surface area (Å²) in [6.45, 7) is 8.44. The van der Waals surface area contributed by atoms with Gasteiger partial charge in [-0.25, -0.2) is 4.98 Å². The van der Waals surface area contributed by atoms with E-state index < -0.39 is 0 Å². The number of nitrogen functional groups attached to an aromatic ring is 1. The van der Waals surface area contributed by atoms with Crippen LogP contribution in [0.5, 0.6) is 5.75 Å². The average molecular weight is 244 g/mol. The lowest BCUT2D eigenvalue weighted by Crippen LogP contribution is -2.15. The van der Waals surface area contributed by atoms with E-state index in [1.54, 1.807) is 7.11 Å².